The van der Waals surface area contributed by atoms with E-state index < -0.39 is 0 Å². The summed E-state index contributed by atoms with van der Waals surface area (Å²) >= 11 is 0. The summed E-state index contributed by atoms with van der Waals surface area (Å²) in [6.07, 6.45) is 0. The van der Waals surface area contributed by atoms with E-state index in [1.54, 1.807) is 30.3 Å². The van der Waals surface area contributed by atoms with Gasteiger partial charge in [-0.1, -0.05) is 24.3 Å². The van der Waals surface area contributed by atoms with Gasteiger partial charge in [0.15, 0.2) is 0 Å². The summed E-state index contributed by atoms with van der Waals surface area (Å²) in [7, 11) is 1.54. The number of ether oxygens (including phenoxy) is 1. The number of tetrazole rings is 1. The summed E-state index contributed by atoms with van der Waals surface area (Å²) in [6.45, 7) is 3.93. The van der Waals surface area contributed by atoms with Gasteiger partial charge in [0, 0.05) is 24.2 Å². The lowest BCUT2D eigenvalue weighted by atomic mass is 10.1. The van der Waals surface area contributed by atoms with Gasteiger partial charge in [0.25, 0.3) is 0 Å². The molecular weight excluding hydrogens is 385 g/mol. The highest BCUT2D eigenvalue weighted by atomic mass is 19.1. The standard InChI is InChI=1S/C22H20FN5O2/c1-14-10-11-16(18(23)12-14)19-7-5-9-21(24-19)30-13-17-15(2)6-4-8-20(17)28-22(29)27(3)25-26-28/h4-12H,13H2,1-3H3. The zero-order chi connectivity index (χ0) is 21.3. The minimum atomic E-state index is -0.350. The predicted molar refractivity (Wildman–Crippen MR) is 110 cm³/mol. The van der Waals surface area contributed by atoms with Crippen molar-refractivity contribution in [1.29, 1.82) is 0 Å². The largest absolute Gasteiger partial charge is 0.473 e. The Morgan fingerprint density at radius 3 is 2.57 bits per heavy atom. The molecule has 0 saturated carbocycles. The van der Waals surface area contributed by atoms with E-state index in [2.05, 4.69) is 15.4 Å². The summed E-state index contributed by atoms with van der Waals surface area (Å²) in [4.78, 5) is 16.7. The molecule has 30 heavy (non-hydrogen) atoms. The number of hydrogen-bond acceptors (Lipinski definition) is 5. The van der Waals surface area contributed by atoms with Gasteiger partial charge < -0.3 is 4.74 Å². The first-order valence-corrected chi connectivity index (χ1v) is 9.38. The molecule has 2 aromatic carbocycles. The number of rotatable bonds is 5. The summed E-state index contributed by atoms with van der Waals surface area (Å²) in [6, 6.07) is 15.8. The van der Waals surface area contributed by atoms with Crippen molar-refractivity contribution < 1.29 is 9.13 Å². The highest BCUT2D eigenvalue weighted by Gasteiger charge is 2.14. The van der Waals surface area contributed by atoms with Crippen LogP contribution in [0.1, 0.15) is 16.7 Å². The molecule has 0 radical (unpaired) electrons. The summed E-state index contributed by atoms with van der Waals surface area (Å²) in [5.41, 5.74) is 3.70. The SMILES string of the molecule is Cc1ccc(-c2cccc(OCc3c(C)cccc3-n3nnn(C)c3=O)n2)c(F)c1. The molecule has 152 valence electrons. The van der Waals surface area contributed by atoms with Gasteiger partial charge in [0.1, 0.15) is 12.4 Å². The smallest absolute Gasteiger partial charge is 0.368 e. The lowest BCUT2D eigenvalue weighted by Gasteiger charge is -2.13. The van der Waals surface area contributed by atoms with Crippen molar-refractivity contribution in [2.45, 2.75) is 20.5 Å². The molecule has 0 aliphatic heterocycles. The molecule has 0 amide bonds. The Bertz CT molecular complexity index is 1280. The van der Waals surface area contributed by atoms with Crippen LogP contribution in [0.4, 0.5) is 4.39 Å². The third-order valence-corrected chi connectivity index (χ3v) is 4.82. The van der Waals surface area contributed by atoms with E-state index in [-0.39, 0.29) is 18.1 Å². The van der Waals surface area contributed by atoms with Gasteiger partial charge in [-0.25, -0.2) is 14.2 Å². The number of aromatic nitrogens is 5. The van der Waals surface area contributed by atoms with Crippen molar-refractivity contribution in [3.63, 3.8) is 0 Å². The lowest BCUT2D eigenvalue weighted by Crippen LogP contribution is -2.23. The Labute approximate surface area is 172 Å². The van der Waals surface area contributed by atoms with Crippen LogP contribution >= 0.6 is 0 Å². The quantitative estimate of drug-likeness (QED) is 0.509. The molecule has 8 heteroatoms. The van der Waals surface area contributed by atoms with Crippen LogP contribution in [-0.4, -0.2) is 24.8 Å². The normalized spacial score (nSPS) is 10.9. The van der Waals surface area contributed by atoms with Crippen LogP contribution in [0.2, 0.25) is 0 Å². The molecule has 0 fully saturated rings. The first-order chi connectivity index (χ1) is 14.4. The molecular formula is C22H20FN5O2. The van der Waals surface area contributed by atoms with Gasteiger partial charge in [-0.3, -0.25) is 0 Å². The van der Waals surface area contributed by atoms with E-state index in [0.717, 1.165) is 21.4 Å². The van der Waals surface area contributed by atoms with E-state index in [4.69, 9.17) is 4.74 Å². The molecule has 0 saturated heterocycles. The topological polar surface area (TPSA) is 74.8 Å². The molecule has 0 unspecified atom stereocenters. The first kappa shape index (κ1) is 19.5. The van der Waals surface area contributed by atoms with Crippen LogP contribution in [0.3, 0.4) is 0 Å². The van der Waals surface area contributed by atoms with Crippen molar-refractivity contribution in [2.24, 2.45) is 7.05 Å². The molecule has 0 atom stereocenters. The van der Waals surface area contributed by atoms with Crippen molar-refractivity contribution in [3.05, 3.63) is 87.6 Å². The van der Waals surface area contributed by atoms with Crippen molar-refractivity contribution >= 4 is 0 Å². The Morgan fingerprint density at radius 2 is 1.83 bits per heavy atom. The van der Waals surface area contributed by atoms with Gasteiger partial charge in [-0.15, -0.1) is 0 Å². The number of aryl methyl sites for hydroxylation is 3. The van der Waals surface area contributed by atoms with Crippen molar-refractivity contribution in [1.82, 2.24) is 24.8 Å². The average molecular weight is 405 g/mol. The highest BCUT2D eigenvalue weighted by Crippen LogP contribution is 2.25. The van der Waals surface area contributed by atoms with E-state index >= 15 is 0 Å². The van der Waals surface area contributed by atoms with Crippen molar-refractivity contribution in [2.75, 3.05) is 0 Å². The zero-order valence-electron chi connectivity index (χ0n) is 16.8. The number of pyridine rings is 1. The van der Waals surface area contributed by atoms with Crippen LogP contribution in [-0.2, 0) is 13.7 Å². The van der Waals surface area contributed by atoms with Crippen LogP contribution in [0.5, 0.6) is 5.88 Å². The molecule has 0 aliphatic rings. The third-order valence-electron chi connectivity index (χ3n) is 4.82. The molecule has 4 rings (SSSR count). The third kappa shape index (κ3) is 3.71. The summed E-state index contributed by atoms with van der Waals surface area (Å²) in [5, 5.41) is 7.69. The van der Waals surface area contributed by atoms with Gasteiger partial charge >= 0.3 is 5.69 Å². The van der Waals surface area contributed by atoms with Crippen LogP contribution < -0.4 is 10.4 Å². The van der Waals surface area contributed by atoms with E-state index in [1.165, 1.54) is 17.8 Å². The van der Waals surface area contributed by atoms with Gasteiger partial charge in [0.2, 0.25) is 5.88 Å². The van der Waals surface area contributed by atoms with Gasteiger partial charge in [-0.2, -0.15) is 9.36 Å². The maximum Gasteiger partial charge on any atom is 0.368 e. The Kier molecular flexibility index (Phi) is 5.14. The number of benzene rings is 2. The van der Waals surface area contributed by atoms with E-state index in [1.807, 2.05) is 32.0 Å². The van der Waals surface area contributed by atoms with Gasteiger partial charge in [-0.05, 0) is 59.7 Å². The molecule has 4 aromatic rings. The first-order valence-electron chi connectivity index (χ1n) is 9.38. The molecule has 0 aliphatic carbocycles. The minimum Gasteiger partial charge on any atom is -0.473 e. The number of hydrogen-bond donors (Lipinski definition) is 0. The summed E-state index contributed by atoms with van der Waals surface area (Å²) < 4.78 is 22.6. The monoisotopic (exact) mass is 405 g/mol. The fourth-order valence-electron chi connectivity index (χ4n) is 3.16. The van der Waals surface area contributed by atoms with Crippen LogP contribution in [0, 0.1) is 19.7 Å². The van der Waals surface area contributed by atoms with Crippen molar-refractivity contribution in [3.8, 4) is 22.8 Å². The average Bonchev–Trinajstić information content (AvgIpc) is 3.05. The summed E-state index contributed by atoms with van der Waals surface area (Å²) in [5.74, 6) is 0.0241. The lowest BCUT2D eigenvalue weighted by molar-refractivity contribution is 0.293. The second-order valence-electron chi connectivity index (χ2n) is 7.00. The number of nitrogens with zero attached hydrogens (tertiary/aromatic N) is 5. The fourth-order valence-corrected chi connectivity index (χ4v) is 3.16. The minimum absolute atomic E-state index is 0.165. The second-order valence-corrected chi connectivity index (χ2v) is 7.00. The maximum absolute atomic E-state index is 14.3. The Balaban J connectivity index is 1.63. The predicted octanol–water partition coefficient (Wildman–Crippen LogP) is 3.36. The van der Waals surface area contributed by atoms with Crippen LogP contribution in [0.25, 0.3) is 16.9 Å². The Morgan fingerprint density at radius 1 is 1.03 bits per heavy atom. The molecule has 2 aromatic heterocycles. The molecule has 0 N–H and O–H groups in total. The van der Waals surface area contributed by atoms with E-state index in [0.29, 0.717) is 22.8 Å². The van der Waals surface area contributed by atoms with Gasteiger partial charge in [0.05, 0.1) is 11.4 Å². The van der Waals surface area contributed by atoms with Crippen LogP contribution in [0.15, 0.2) is 59.4 Å². The highest BCUT2D eigenvalue weighted by molar-refractivity contribution is 5.60. The fraction of sp³-hybridized carbons (Fsp3) is 0.182. The van der Waals surface area contributed by atoms with E-state index in [9.17, 15) is 9.18 Å². The molecule has 0 spiro atoms. The second kappa shape index (κ2) is 7.90. The number of halogens is 1. The molecule has 0 bridgehead atoms. The molecule has 2 heterocycles. The maximum atomic E-state index is 14.3. The molecule has 7 nitrogen and oxygen atoms in total. The zero-order valence-corrected chi connectivity index (χ0v) is 16.8. The Hall–Kier alpha value is -3.81.